The molecule has 4 aromatic rings. The Morgan fingerprint density at radius 2 is 1.15 bits per heavy atom. The fourth-order valence-corrected chi connectivity index (χ4v) is 8.34. The van der Waals surface area contributed by atoms with Gasteiger partial charge in [-0.25, -0.2) is 19.2 Å². The summed E-state index contributed by atoms with van der Waals surface area (Å²) >= 11 is 0. The third kappa shape index (κ3) is 8.07. The number of fused-ring (bicyclic) bond motifs is 6. The number of carboxylic acids is 4. The number of likely N-dealkylation sites (N-methyl/N-ethyl adjacent to an activating group) is 2. The Morgan fingerprint density at radius 1 is 0.617 bits per heavy atom. The second-order valence-corrected chi connectivity index (χ2v) is 15.1. The summed E-state index contributed by atoms with van der Waals surface area (Å²) in [5.74, 6) is -5.85. The molecule has 2 atom stereocenters. The summed E-state index contributed by atoms with van der Waals surface area (Å²) in [5.41, 5.74) is 3.25. The van der Waals surface area contributed by atoms with E-state index in [1.807, 2.05) is 49.5 Å². The number of carboxylic acid groups (broad SMARTS) is 4. The molecule has 0 amide bonds. The van der Waals surface area contributed by atoms with Crippen LogP contribution < -0.4 is 9.47 Å². The number of aliphatic carboxylic acids is 4. The molecule has 0 bridgehead atoms. The van der Waals surface area contributed by atoms with Gasteiger partial charge in [0.15, 0.2) is 11.6 Å². The number of likely N-dealkylation sites (tertiary alicyclic amines) is 2. The van der Waals surface area contributed by atoms with Crippen LogP contribution in [-0.2, 0) is 19.2 Å². The van der Waals surface area contributed by atoms with Crippen molar-refractivity contribution in [2.24, 2.45) is 0 Å². The van der Waals surface area contributed by atoms with Gasteiger partial charge in [0.1, 0.15) is 24.7 Å². The van der Waals surface area contributed by atoms with Crippen molar-refractivity contribution in [1.29, 1.82) is 0 Å². The predicted molar refractivity (Wildman–Crippen MR) is 219 cm³/mol. The molecule has 14 nitrogen and oxygen atoms in total. The minimum absolute atomic E-state index is 0.000186. The maximum absolute atomic E-state index is 13.6. The van der Waals surface area contributed by atoms with E-state index in [-0.39, 0.29) is 46.4 Å². The molecule has 2 heterocycles. The van der Waals surface area contributed by atoms with Crippen molar-refractivity contribution in [1.82, 2.24) is 9.80 Å². The fraction of sp³-hybridized carbons (Fsp3) is 0.261. The van der Waals surface area contributed by atoms with E-state index in [0.29, 0.717) is 35.9 Å². The van der Waals surface area contributed by atoms with Gasteiger partial charge < -0.3 is 39.7 Å². The normalized spacial score (nSPS) is 18.2. The second kappa shape index (κ2) is 17.1. The van der Waals surface area contributed by atoms with Gasteiger partial charge in [-0.05, 0) is 98.9 Å². The third-order valence-corrected chi connectivity index (χ3v) is 11.4. The van der Waals surface area contributed by atoms with Crippen LogP contribution in [0.15, 0.2) is 84.9 Å². The van der Waals surface area contributed by atoms with Crippen LogP contribution in [0.4, 0.5) is 0 Å². The number of ketones is 2. The Hall–Kier alpha value is -6.90. The number of rotatable bonds is 12. The zero-order valence-corrected chi connectivity index (χ0v) is 32.8. The van der Waals surface area contributed by atoms with Crippen LogP contribution in [0.25, 0.3) is 33.4 Å². The van der Waals surface area contributed by atoms with Gasteiger partial charge in [0.05, 0.1) is 22.3 Å². The highest BCUT2D eigenvalue weighted by atomic mass is 16.5. The first-order valence-electron chi connectivity index (χ1n) is 19.4. The average molecular weight is 815 g/mol. The molecule has 4 N–H and O–H groups in total. The number of carbonyl (C=O) groups excluding carboxylic acids is 2. The molecule has 0 unspecified atom stereocenters. The number of hydrogen-bond acceptors (Lipinski definition) is 10. The van der Waals surface area contributed by atoms with Gasteiger partial charge in [0, 0.05) is 40.9 Å². The lowest BCUT2D eigenvalue weighted by Crippen LogP contribution is -2.31. The summed E-state index contributed by atoms with van der Waals surface area (Å²) in [5, 5.41) is 37.5. The fourth-order valence-electron chi connectivity index (χ4n) is 8.34. The molecule has 60 heavy (non-hydrogen) atoms. The monoisotopic (exact) mass is 814 g/mol. The van der Waals surface area contributed by atoms with Crippen LogP contribution in [0, 0.1) is 0 Å². The lowest BCUT2D eigenvalue weighted by Gasteiger charge is -2.22. The number of benzene rings is 4. The molecule has 2 fully saturated rings. The number of ether oxygens (including phenoxy) is 2. The van der Waals surface area contributed by atoms with E-state index in [2.05, 4.69) is 16.8 Å². The van der Waals surface area contributed by atoms with Gasteiger partial charge in [-0.1, -0.05) is 54.6 Å². The average Bonchev–Trinajstić information content (AvgIpc) is 3.98. The zero-order chi connectivity index (χ0) is 42.8. The highest BCUT2D eigenvalue weighted by molar-refractivity contribution is 6.27. The molecule has 0 saturated carbocycles. The van der Waals surface area contributed by atoms with Crippen LogP contribution >= 0.6 is 0 Å². The number of carbonyl (C=O) groups is 6. The van der Waals surface area contributed by atoms with Crippen molar-refractivity contribution in [3.63, 3.8) is 0 Å². The Kier molecular flexibility index (Phi) is 11.8. The Bertz CT molecular complexity index is 2520. The van der Waals surface area contributed by atoms with Crippen molar-refractivity contribution < 1.29 is 58.7 Å². The molecule has 8 rings (SSSR count). The second-order valence-electron chi connectivity index (χ2n) is 15.1. The van der Waals surface area contributed by atoms with Gasteiger partial charge in [-0.15, -0.1) is 0 Å². The van der Waals surface area contributed by atoms with E-state index in [0.717, 1.165) is 53.9 Å². The lowest BCUT2D eigenvalue weighted by atomic mass is 9.96. The smallest absolute Gasteiger partial charge is 0.336 e. The molecule has 0 spiro atoms. The summed E-state index contributed by atoms with van der Waals surface area (Å²) in [4.78, 5) is 76.8. The van der Waals surface area contributed by atoms with Crippen molar-refractivity contribution >= 4 is 46.6 Å². The van der Waals surface area contributed by atoms with Gasteiger partial charge in [0.25, 0.3) is 0 Å². The summed E-state index contributed by atoms with van der Waals surface area (Å²) < 4.78 is 12.1. The van der Waals surface area contributed by atoms with Gasteiger partial charge >= 0.3 is 23.9 Å². The largest absolute Gasteiger partial charge is 0.491 e. The molecule has 0 aromatic heterocycles. The molecule has 2 aliphatic heterocycles. The van der Waals surface area contributed by atoms with E-state index in [4.69, 9.17) is 14.6 Å². The van der Waals surface area contributed by atoms with Gasteiger partial charge in [-0.3, -0.25) is 9.59 Å². The van der Waals surface area contributed by atoms with Crippen molar-refractivity contribution in [3.8, 4) is 33.8 Å². The van der Waals surface area contributed by atoms with E-state index < -0.39 is 40.8 Å². The molecular formula is C46H42N2O12. The first-order valence-corrected chi connectivity index (χ1v) is 19.4. The minimum Gasteiger partial charge on any atom is -0.491 e. The van der Waals surface area contributed by atoms with E-state index >= 15 is 0 Å². The maximum atomic E-state index is 13.6. The summed E-state index contributed by atoms with van der Waals surface area (Å²) in [6.45, 7) is 2.75. The Balaban J connectivity index is 0.000000208. The van der Waals surface area contributed by atoms with E-state index in [1.54, 1.807) is 0 Å². The van der Waals surface area contributed by atoms with Crippen LogP contribution in [0.2, 0.25) is 0 Å². The molecular weight excluding hydrogens is 773 g/mol. The standard InChI is InChI=1S/C27H23NO10.C19H19NO2/c1-28-8-2-3-14(28)12-38-25-17(20(27(36)37)11-22(31)32)7-6-16-15-5-4-13(9-19(15)24(33)23(16)25)18(26(34)35)10-21(29)30;1-20-11-5-6-13(20)12-22-17-10-4-9-15-14-7-2-3-8-16(14)19(21)18(15)17/h4-7,9-11,14H,2-3,8,12H2,1H3,(H,29,30)(H,31,32)(H,34,35)(H,36,37);2-4,7-10,13H,5-6,11-12H2,1H3/b18-10-,20-11-;/t14-;13-/m11/s1. The van der Waals surface area contributed by atoms with E-state index in [9.17, 15) is 44.1 Å². The lowest BCUT2D eigenvalue weighted by molar-refractivity contribution is -0.133. The zero-order valence-electron chi connectivity index (χ0n) is 32.8. The predicted octanol–water partition coefficient (Wildman–Crippen LogP) is 5.85. The van der Waals surface area contributed by atoms with Gasteiger partial charge in [-0.2, -0.15) is 0 Å². The first kappa shape index (κ1) is 41.3. The first-order chi connectivity index (χ1) is 28.7. The van der Waals surface area contributed by atoms with E-state index in [1.165, 1.54) is 43.2 Å². The maximum Gasteiger partial charge on any atom is 0.336 e. The van der Waals surface area contributed by atoms with Crippen LogP contribution in [-0.4, -0.2) is 118 Å². The summed E-state index contributed by atoms with van der Waals surface area (Å²) in [7, 11) is 4.05. The minimum atomic E-state index is -1.52. The third-order valence-electron chi connectivity index (χ3n) is 11.4. The van der Waals surface area contributed by atoms with Crippen molar-refractivity contribution in [3.05, 3.63) is 118 Å². The number of nitrogens with zero attached hydrogens (tertiary/aromatic N) is 2. The molecule has 4 aromatic carbocycles. The van der Waals surface area contributed by atoms with Crippen LogP contribution in [0.3, 0.4) is 0 Å². The highest BCUT2D eigenvalue weighted by Gasteiger charge is 2.35. The summed E-state index contributed by atoms with van der Waals surface area (Å²) in [6, 6.07) is 21.1. The SMILES string of the molecule is CN1CCC[C@@H]1COc1c(/C(=C/C(=O)O)C(=O)O)ccc2c1C(=O)c1cc(/C(=C/C(=O)O)C(=O)O)ccc1-2.CN1CCC[C@@H]1COc1cccc2c1C(=O)c1ccccc1-2. The Morgan fingerprint density at radius 3 is 1.75 bits per heavy atom. The molecule has 308 valence electrons. The van der Waals surface area contributed by atoms with Crippen molar-refractivity contribution in [2.45, 2.75) is 37.8 Å². The van der Waals surface area contributed by atoms with Crippen molar-refractivity contribution in [2.75, 3.05) is 40.4 Å². The molecule has 0 radical (unpaired) electrons. The van der Waals surface area contributed by atoms with Crippen LogP contribution in [0.5, 0.6) is 11.5 Å². The molecule has 14 heteroatoms. The molecule has 2 saturated heterocycles. The number of hydrogen-bond donors (Lipinski definition) is 4. The summed E-state index contributed by atoms with van der Waals surface area (Å²) in [6.07, 6.45) is 5.20. The topological polar surface area (TPSA) is 208 Å². The molecule has 4 aliphatic rings. The van der Waals surface area contributed by atoms with Crippen LogP contribution in [0.1, 0.15) is 68.7 Å². The Labute approximate surface area is 344 Å². The molecule has 2 aliphatic carbocycles. The highest BCUT2D eigenvalue weighted by Crippen LogP contribution is 2.46. The quantitative estimate of drug-likeness (QED) is 0.107. The van der Waals surface area contributed by atoms with Gasteiger partial charge in [0.2, 0.25) is 0 Å².